The second-order valence-corrected chi connectivity index (χ2v) is 5.24. The van der Waals surface area contributed by atoms with Gasteiger partial charge >= 0.3 is 0 Å². The second-order valence-electron chi connectivity index (χ2n) is 4.88. The Labute approximate surface area is 122 Å². The zero-order chi connectivity index (χ0) is 14.1. The van der Waals surface area contributed by atoms with Crippen molar-refractivity contribution in [2.75, 3.05) is 10.6 Å². The summed E-state index contributed by atoms with van der Waals surface area (Å²) in [6, 6.07) is 9.52. The van der Waals surface area contributed by atoms with Gasteiger partial charge in [0.2, 0.25) is 5.91 Å². The zero-order valence-corrected chi connectivity index (χ0v) is 11.7. The number of nitrogens with zero attached hydrogens (tertiary/aromatic N) is 1. The summed E-state index contributed by atoms with van der Waals surface area (Å²) >= 11 is 5.87. The lowest BCUT2D eigenvalue weighted by molar-refractivity contribution is -0.116. The minimum atomic E-state index is -0.247. The second kappa shape index (κ2) is 5.13. The number of fused-ring (bicyclic) bond motifs is 1. The summed E-state index contributed by atoms with van der Waals surface area (Å²) in [6.07, 6.45) is 2.26. The van der Waals surface area contributed by atoms with Gasteiger partial charge in [0.1, 0.15) is 11.2 Å². The van der Waals surface area contributed by atoms with Crippen LogP contribution in [0.4, 0.5) is 11.4 Å². The topological polar surface area (TPSA) is 54.0 Å². The first kappa shape index (κ1) is 12.9. The van der Waals surface area contributed by atoms with Gasteiger partial charge in [-0.2, -0.15) is 0 Å². The van der Waals surface area contributed by atoms with Crippen LogP contribution in [0, 0.1) is 6.92 Å². The number of para-hydroxylation sites is 1. The van der Waals surface area contributed by atoms with Gasteiger partial charge < -0.3 is 10.6 Å². The molecule has 0 saturated heterocycles. The number of aryl methyl sites for hydroxylation is 1. The highest BCUT2D eigenvalue weighted by Crippen LogP contribution is 2.26. The number of pyridine rings is 1. The normalized spacial score (nSPS) is 16.4. The predicted molar refractivity (Wildman–Crippen MR) is 80.2 cm³/mol. The van der Waals surface area contributed by atoms with Gasteiger partial charge in [-0.1, -0.05) is 29.8 Å². The summed E-state index contributed by atoms with van der Waals surface area (Å²) in [5.74, 6) is -0.0651. The van der Waals surface area contributed by atoms with E-state index in [-0.39, 0.29) is 11.9 Å². The molecule has 2 N–H and O–H groups in total. The van der Waals surface area contributed by atoms with Crippen molar-refractivity contribution in [2.24, 2.45) is 0 Å². The molecule has 0 fully saturated rings. The van der Waals surface area contributed by atoms with E-state index in [1.165, 1.54) is 0 Å². The van der Waals surface area contributed by atoms with E-state index in [0.29, 0.717) is 17.3 Å². The van der Waals surface area contributed by atoms with Gasteiger partial charge in [-0.05, 0) is 30.2 Å². The van der Waals surface area contributed by atoms with Crippen LogP contribution in [0.15, 0.2) is 36.5 Å². The maximum atomic E-state index is 12.2. The molecule has 1 amide bonds. The van der Waals surface area contributed by atoms with Gasteiger partial charge in [0.25, 0.3) is 0 Å². The Bertz CT molecular complexity index is 647. The SMILES string of the molecule is Cc1cc(NC(=O)C2Cc3ccccc3N2)cnc1Cl. The molecule has 20 heavy (non-hydrogen) atoms. The van der Waals surface area contributed by atoms with Crippen LogP contribution >= 0.6 is 11.6 Å². The monoisotopic (exact) mass is 287 g/mol. The van der Waals surface area contributed by atoms with Crippen molar-refractivity contribution in [1.82, 2.24) is 4.98 Å². The van der Waals surface area contributed by atoms with Crippen molar-refractivity contribution < 1.29 is 4.79 Å². The molecule has 3 rings (SSSR count). The van der Waals surface area contributed by atoms with Crippen LogP contribution < -0.4 is 10.6 Å². The molecule has 2 aromatic rings. The fourth-order valence-electron chi connectivity index (χ4n) is 2.31. The van der Waals surface area contributed by atoms with E-state index in [0.717, 1.165) is 16.8 Å². The average Bonchev–Trinajstić information content (AvgIpc) is 2.87. The quantitative estimate of drug-likeness (QED) is 0.835. The Morgan fingerprint density at radius 3 is 3.00 bits per heavy atom. The number of carbonyl (C=O) groups excluding carboxylic acids is 1. The van der Waals surface area contributed by atoms with Crippen molar-refractivity contribution in [2.45, 2.75) is 19.4 Å². The van der Waals surface area contributed by atoms with E-state index in [1.54, 1.807) is 6.20 Å². The minimum Gasteiger partial charge on any atom is -0.373 e. The number of benzene rings is 1. The predicted octanol–water partition coefficient (Wildman–Crippen LogP) is 3.02. The lowest BCUT2D eigenvalue weighted by atomic mass is 10.1. The first-order chi connectivity index (χ1) is 9.63. The van der Waals surface area contributed by atoms with Gasteiger partial charge in [0.15, 0.2) is 0 Å². The van der Waals surface area contributed by atoms with Crippen molar-refractivity contribution in [3.8, 4) is 0 Å². The highest BCUT2D eigenvalue weighted by Gasteiger charge is 2.26. The lowest BCUT2D eigenvalue weighted by Crippen LogP contribution is -2.32. The van der Waals surface area contributed by atoms with Gasteiger partial charge in [-0.3, -0.25) is 4.79 Å². The van der Waals surface area contributed by atoms with Crippen molar-refractivity contribution >= 4 is 28.9 Å². The fourth-order valence-corrected chi connectivity index (χ4v) is 2.42. The smallest absolute Gasteiger partial charge is 0.247 e. The zero-order valence-electron chi connectivity index (χ0n) is 11.0. The highest BCUT2D eigenvalue weighted by atomic mass is 35.5. The van der Waals surface area contributed by atoms with Crippen LogP contribution in [-0.2, 0) is 11.2 Å². The summed E-state index contributed by atoms with van der Waals surface area (Å²) < 4.78 is 0. The first-order valence-corrected chi connectivity index (χ1v) is 6.79. The third kappa shape index (κ3) is 2.47. The third-order valence-corrected chi connectivity index (χ3v) is 3.77. The molecule has 0 bridgehead atoms. The van der Waals surface area contributed by atoms with Gasteiger partial charge in [-0.15, -0.1) is 0 Å². The number of rotatable bonds is 2. The van der Waals surface area contributed by atoms with Gasteiger partial charge in [0, 0.05) is 12.1 Å². The Morgan fingerprint density at radius 2 is 2.25 bits per heavy atom. The molecule has 2 heterocycles. The molecule has 0 saturated carbocycles. The van der Waals surface area contributed by atoms with E-state index in [9.17, 15) is 4.79 Å². The maximum absolute atomic E-state index is 12.2. The molecule has 1 atom stereocenters. The Balaban J connectivity index is 1.71. The maximum Gasteiger partial charge on any atom is 0.247 e. The molecular weight excluding hydrogens is 274 g/mol. The van der Waals surface area contributed by atoms with Crippen LogP contribution in [-0.4, -0.2) is 16.9 Å². The number of halogens is 1. The Morgan fingerprint density at radius 1 is 1.45 bits per heavy atom. The fraction of sp³-hybridized carbons (Fsp3) is 0.200. The highest BCUT2D eigenvalue weighted by molar-refractivity contribution is 6.30. The summed E-state index contributed by atoms with van der Waals surface area (Å²) in [7, 11) is 0. The van der Waals surface area contributed by atoms with Crippen molar-refractivity contribution in [1.29, 1.82) is 0 Å². The number of aromatic nitrogens is 1. The van der Waals surface area contributed by atoms with E-state index < -0.39 is 0 Å². The molecule has 0 spiro atoms. The van der Waals surface area contributed by atoms with E-state index >= 15 is 0 Å². The van der Waals surface area contributed by atoms with Crippen LogP contribution in [0.25, 0.3) is 0 Å². The Kier molecular flexibility index (Phi) is 3.32. The van der Waals surface area contributed by atoms with Gasteiger partial charge in [0.05, 0.1) is 11.9 Å². The molecule has 1 aromatic carbocycles. The molecule has 1 aliphatic rings. The van der Waals surface area contributed by atoms with E-state index in [2.05, 4.69) is 15.6 Å². The molecule has 1 aliphatic heterocycles. The van der Waals surface area contributed by atoms with Gasteiger partial charge in [-0.25, -0.2) is 4.98 Å². The van der Waals surface area contributed by atoms with Crippen LogP contribution in [0.1, 0.15) is 11.1 Å². The molecule has 5 heteroatoms. The minimum absolute atomic E-state index is 0.0651. The number of hydrogen-bond acceptors (Lipinski definition) is 3. The first-order valence-electron chi connectivity index (χ1n) is 6.41. The van der Waals surface area contributed by atoms with Crippen molar-refractivity contribution in [3.63, 3.8) is 0 Å². The lowest BCUT2D eigenvalue weighted by Gasteiger charge is -2.12. The molecule has 0 aliphatic carbocycles. The standard InChI is InChI=1S/C15H14ClN3O/c1-9-6-11(8-17-14(9)16)18-15(20)13-7-10-4-2-3-5-12(10)19-13/h2-6,8,13,19H,7H2,1H3,(H,18,20). The van der Waals surface area contributed by atoms with E-state index in [4.69, 9.17) is 11.6 Å². The van der Waals surface area contributed by atoms with E-state index in [1.807, 2.05) is 37.3 Å². The summed E-state index contributed by atoms with van der Waals surface area (Å²) in [6.45, 7) is 1.86. The average molecular weight is 288 g/mol. The molecule has 4 nitrogen and oxygen atoms in total. The van der Waals surface area contributed by atoms with Crippen LogP contribution in [0.5, 0.6) is 0 Å². The molecule has 102 valence electrons. The molecule has 0 radical (unpaired) electrons. The molecule has 1 unspecified atom stereocenters. The molecular formula is C15H14ClN3O. The summed E-state index contributed by atoms with van der Waals surface area (Å²) in [5, 5.41) is 6.54. The Hall–Kier alpha value is -2.07. The number of amides is 1. The summed E-state index contributed by atoms with van der Waals surface area (Å²) in [4.78, 5) is 16.3. The number of hydrogen-bond donors (Lipinski definition) is 2. The van der Waals surface area contributed by atoms with Crippen LogP contribution in [0.3, 0.4) is 0 Å². The number of nitrogens with one attached hydrogen (secondary N) is 2. The molecule has 1 aromatic heterocycles. The van der Waals surface area contributed by atoms with Crippen molar-refractivity contribution in [3.05, 3.63) is 52.8 Å². The number of anilines is 2. The third-order valence-electron chi connectivity index (χ3n) is 3.37. The van der Waals surface area contributed by atoms with Crippen LogP contribution in [0.2, 0.25) is 5.15 Å². The largest absolute Gasteiger partial charge is 0.373 e. The summed E-state index contributed by atoms with van der Waals surface area (Å²) in [5.41, 5.74) is 3.69. The number of carbonyl (C=O) groups is 1.